The average molecular weight is 195 g/mol. The minimum absolute atomic E-state index is 0. The predicted molar refractivity (Wildman–Crippen MR) is 48.3 cm³/mol. The van der Waals surface area contributed by atoms with Crippen molar-refractivity contribution in [2.45, 2.75) is 25.5 Å². The predicted octanol–water partition coefficient (Wildman–Crippen LogP) is -0.733. The van der Waals surface area contributed by atoms with E-state index in [1.807, 2.05) is 0 Å². The molecule has 12 heavy (non-hydrogen) atoms. The number of nitrogens with one attached hydrogen (secondary N) is 2. The van der Waals surface area contributed by atoms with E-state index in [0.717, 1.165) is 0 Å². The Balaban J connectivity index is 0.00000121. The molecule has 0 aromatic carbocycles. The van der Waals surface area contributed by atoms with Crippen molar-refractivity contribution in [3.8, 4) is 0 Å². The maximum Gasteiger partial charge on any atom is 0.220 e. The summed E-state index contributed by atoms with van der Waals surface area (Å²) in [5.74, 6) is -0.00208. The largest absolute Gasteiger partial charge is 0.390 e. The van der Waals surface area contributed by atoms with Crippen molar-refractivity contribution >= 4 is 18.3 Å². The summed E-state index contributed by atoms with van der Waals surface area (Å²) in [5.41, 5.74) is 0. The molecule has 1 fully saturated rings. The molecule has 4 nitrogen and oxygen atoms in total. The molecule has 5 heteroatoms. The van der Waals surface area contributed by atoms with Gasteiger partial charge in [-0.05, 0) is 0 Å². The topological polar surface area (TPSA) is 61.4 Å². The van der Waals surface area contributed by atoms with Crippen molar-refractivity contribution < 1.29 is 9.90 Å². The molecule has 0 aromatic heterocycles. The van der Waals surface area contributed by atoms with Crippen LogP contribution in [0.1, 0.15) is 13.3 Å². The van der Waals surface area contributed by atoms with Gasteiger partial charge in [0.05, 0.1) is 12.1 Å². The Morgan fingerprint density at radius 2 is 2.33 bits per heavy atom. The molecule has 0 bridgehead atoms. The number of carbonyl (C=O) groups excluding carboxylic acids is 1. The van der Waals surface area contributed by atoms with Crippen LogP contribution in [0.5, 0.6) is 0 Å². The SMILES string of the molecule is CCC(=O)N[C@H]1CNC[C@@H]1O.Cl. The van der Waals surface area contributed by atoms with Gasteiger partial charge in [0.1, 0.15) is 0 Å². The molecule has 1 aliphatic heterocycles. The van der Waals surface area contributed by atoms with Gasteiger partial charge in [-0.3, -0.25) is 4.79 Å². The van der Waals surface area contributed by atoms with E-state index in [0.29, 0.717) is 19.5 Å². The van der Waals surface area contributed by atoms with Crippen molar-refractivity contribution in [1.82, 2.24) is 10.6 Å². The molecule has 72 valence electrons. The lowest BCUT2D eigenvalue weighted by Gasteiger charge is -2.14. The van der Waals surface area contributed by atoms with E-state index in [-0.39, 0.29) is 24.4 Å². The number of rotatable bonds is 2. The maximum absolute atomic E-state index is 10.9. The van der Waals surface area contributed by atoms with E-state index in [1.54, 1.807) is 6.92 Å². The first-order chi connectivity index (χ1) is 5.24. The Hall–Kier alpha value is -0.320. The van der Waals surface area contributed by atoms with Crippen LogP contribution in [0, 0.1) is 0 Å². The zero-order valence-electron chi connectivity index (χ0n) is 7.04. The fraction of sp³-hybridized carbons (Fsp3) is 0.857. The van der Waals surface area contributed by atoms with E-state index in [9.17, 15) is 9.90 Å². The van der Waals surface area contributed by atoms with E-state index < -0.39 is 6.10 Å². The van der Waals surface area contributed by atoms with Crippen LogP contribution < -0.4 is 10.6 Å². The second-order valence-corrected chi connectivity index (χ2v) is 2.75. The number of β-amino-alcohol motifs (C(OH)–C–C–N with tert-alkyl or cyclic N) is 1. The minimum atomic E-state index is -0.425. The molecule has 3 N–H and O–H groups in total. The lowest BCUT2D eigenvalue weighted by molar-refractivity contribution is -0.121. The standard InChI is InChI=1S/C7H14N2O2.ClH/c1-2-7(11)9-5-3-8-4-6(5)10;/h5-6,8,10H,2-4H2,1H3,(H,9,11);1H/t5-,6-;/m0./s1. The summed E-state index contributed by atoms with van der Waals surface area (Å²) in [6.07, 6.45) is 0.0500. The van der Waals surface area contributed by atoms with Crippen LogP contribution in [-0.4, -0.2) is 36.2 Å². The molecule has 1 heterocycles. The number of aliphatic hydroxyl groups is 1. The third kappa shape index (κ3) is 2.97. The van der Waals surface area contributed by atoms with Crippen molar-refractivity contribution in [2.24, 2.45) is 0 Å². The minimum Gasteiger partial charge on any atom is -0.390 e. The summed E-state index contributed by atoms with van der Waals surface area (Å²) in [5, 5.41) is 15.0. The maximum atomic E-state index is 10.9. The van der Waals surface area contributed by atoms with Gasteiger partial charge in [-0.25, -0.2) is 0 Å². The molecule has 0 saturated carbocycles. The molecular formula is C7H15ClN2O2. The van der Waals surface area contributed by atoms with Gasteiger partial charge in [0.15, 0.2) is 0 Å². The fourth-order valence-corrected chi connectivity index (χ4v) is 1.12. The van der Waals surface area contributed by atoms with E-state index >= 15 is 0 Å². The Kier molecular flexibility index (Phi) is 5.20. The van der Waals surface area contributed by atoms with Gasteiger partial charge in [0.2, 0.25) is 5.91 Å². The zero-order chi connectivity index (χ0) is 8.27. The lowest BCUT2D eigenvalue weighted by atomic mass is 10.2. The summed E-state index contributed by atoms with van der Waals surface area (Å²) >= 11 is 0. The number of hydrogen-bond donors (Lipinski definition) is 3. The van der Waals surface area contributed by atoms with E-state index in [1.165, 1.54) is 0 Å². The number of carbonyl (C=O) groups is 1. The normalized spacial score (nSPS) is 27.8. The number of amides is 1. The third-order valence-corrected chi connectivity index (χ3v) is 1.85. The summed E-state index contributed by atoms with van der Waals surface area (Å²) in [6.45, 7) is 3.05. The molecule has 0 spiro atoms. The lowest BCUT2D eigenvalue weighted by Crippen LogP contribution is -2.42. The highest BCUT2D eigenvalue weighted by atomic mass is 35.5. The fourth-order valence-electron chi connectivity index (χ4n) is 1.12. The molecule has 2 atom stereocenters. The van der Waals surface area contributed by atoms with Gasteiger partial charge in [-0.2, -0.15) is 0 Å². The monoisotopic (exact) mass is 194 g/mol. The molecule has 0 aromatic rings. The molecule has 1 amide bonds. The molecule has 1 aliphatic rings. The first-order valence-electron chi connectivity index (χ1n) is 3.92. The highest BCUT2D eigenvalue weighted by molar-refractivity contribution is 5.85. The first kappa shape index (κ1) is 11.7. The van der Waals surface area contributed by atoms with Crippen LogP contribution in [0.25, 0.3) is 0 Å². The molecule has 1 rings (SSSR count). The number of hydrogen-bond acceptors (Lipinski definition) is 3. The van der Waals surface area contributed by atoms with E-state index in [2.05, 4.69) is 10.6 Å². The van der Waals surface area contributed by atoms with Crippen molar-refractivity contribution in [3.05, 3.63) is 0 Å². The summed E-state index contributed by atoms with van der Waals surface area (Å²) in [4.78, 5) is 10.9. The van der Waals surface area contributed by atoms with Crippen LogP contribution in [0.3, 0.4) is 0 Å². The first-order valence-corrected chi connectivity index (χ1v) is 3.92. The summed E-state index contributed by atoms with van der Waals surface area (Å²) < 4.78 is 0. The Morgan fingerprint density at radius 3 is 2.75 bits per heavy atom. The number of halogens is 1. The van der Waals surface area contributed by atoms with Crippen LogP contribution in [-0.2, 0) is 4.79 Å². The van der Waals surface area contributed by atoms with Crippen LogP contribution in [0.4, 0.5) is 0 Å². The summed E-state index contributed by atoms with van der Waals surface area (Å²) in [6, 6.07) is -0.0950. The van der Waals surface area contributed by atoms with Crippen LogP contribution in [0.15, 0.2) is 0 Å². The second kappa shape index (κ2) is 5.35. The van der Waals surface area contributed by atoms with Crippen LogP contribution >= 0.6 is 12.4 Å². The highest BCUT2D eigenvalue weighted by Crippen LogP contribution is 1.98. The average Bonchev–Trinajstić information content (AvgIpc) is 2.37. The van der Waals surface area contributed by atoms with Crippen molar-refractivity contribution in [1.29, 1.82) is 0 Å². The van der Waals surface area contributed by atoms with Gasteiger partial charge < -0.3 is 15.7 Å². The van der Waals surface area contributed by atoms with Crippen LogP contribution in [0.2, 0.25) is 0 Å². The van der Waals surface area contributed by atoms with E-state index in [4.69, 9.17) is 0 Å². The molecule has 0 radical (unpaired) electrons. The van der Waals surface area contributed by atoms with Gasteiger partial charge in [-0.1, -0.05) is 6.92 Å². The summed E-state index contributed by atoms with van der Waals surface area (Å²) in [7, 11) is 0. The van der Waals surface area contributed by atoms with Crippen molar-refractivity contribution in [3.63, 3.8) is 0 Å². The highest BCUT2D eigenvalue weighted by Gasteiger charge is 2.25. The molecule has 0 aliphatic carbocycles. The third-order valence-electron chi connectivity index (χ3n) is 1.85. The Bertz CT molecular complexity index is 154. The quantitative estimate of drug-likeness (QED) is 0.543. The molecule has 1 saturated heterocycles. The second-order valence-electron chi connectivity index (χ2n) is 2.75. The van der Waals surface area contributed by atoms with Gasteiger partial charge in [0, 0.05) is 19.5 Å². The Labute approximate surface area is 78.1 Å². The molecule has 0 unspecified atom stereocenters. The Morgan fingerprint density at radius 1 is 1.67 bits per heavy atom. The van der Waals surface area contributed by atoms with Crippen molar-refractivity contribution in [2.75, 3.05) is 13.1 Å². The van der Waals surface area contributed by atoms with Gasteiger partial charge >= 0.3 is 0 Å². The number of aliphatic hydroxyl groups excluding tert-OH is 1. The van der Waals surface area contributed by atoms with Gasteiger partial charge in [0.25, 0.3) is 0 Å². The molecular weight excluding hydrogens is 180 g/mol. The smallest absolute Gasteiger partial charge is 0.220 e. The van der Waals surface area contributed by atoms with Gasteiger partial charge in [-0.15, -0.1) is 12.4 Å². The zero-order valence-corrected chi connectivity index (χ0v) is 7.86.